The number of rotatable bonds is 10. The Kier molecular flexibility index (Phi) is 9.72. The van der Waals surface area contributed by atoms with E-state index >= 15 is 0 Å². The summed E-state index contributed by atoms with van der Waals surface area (Å²) in [5.41, 5.74) is 6.48. The average Bonchev–Trinajstić information content (AvgIpc) is 2.62. The molecule has 1 atom stereocenters. The maximum atomic E-state index is 5.07. The molecule has 28 heavy (non-hydrogen) atoms. The van der Waals surface area contributed by atoms with Crippen LogP contribution in [-0.2, 0) is 0 Å². The van der Waals surface area contributed by atoms with Gasteiger partial charge in [-0.3, -0.25) is 4.99 Å². The van der Waals surface area contributed by atoms with Crippen LogP contribution in [0.3, 0.4) is 0 Å². The fourth-order valence-electron chi connectivity index (χ4n) is 3.47. The fraction of sp³-hybridized carbons (Fsp3) is 0.577. The van der Waals surface area contributed by atoms with Gasteiger partial charge in [0, 0.05) is 17.3 Å². The summed E-state index contributed by atoms with van der Waals surface area (Å²) in [7, 11) is 0. The molecule has 0 amide bonds. The van der Waals surface area contributed by atoms with Gasteiger partial charge < -0.3 is 5.32 Å². The zero-order valence-corrected chi connectivity index (χ0v) is 19.6. The maximum Gasteiger partial charge on any atom is 0.108 e. The van der Waals surface area contributed by atoms with E-state index in [1.165, 1.54) is 28.1 Å². The smallest absolute Gasteiger partial charge is 0.108 e. The van der Waals surface area contributed by atoms with Gasteiger partial charge in [-0.15, -0.1) is 0 Å². The van der Waals surface area contributed by atoms with Gasteiger partial charge in [0.1, 0.15) is 6.67 Å². The van der Waals surface area contributed by atoms with Gasteiger partial charge in [-0.1, -0.05) is 99.2 Å². The number of benzene rings is 1. The van der Waals surface area contributed by atoms with Gasteiger partial charge in [0.2, 0.25) is 0 Å². The molecule has 0 fully saturated rings. The number of para-hydroxylation sites is 1. The Morgan fingerprint density at radius 1 is 0.964 bits per heavy atom. The first-order valence-electron chi connectivity index (χ1n) is 10.9. The van der Waals surface area contributed by atoms with Crippen molar-refractivity contribution in [3.63, 3.8) is 0 Å². The van der Waals surface area contributed by atoms with Crippen LogP contribution in [0.4, 0.5) is 5.69 Å². The van der Waals surface area contributed by atoms with E-state index in [1.807, 2.05) is 6.08 Å². The van der Waals surface area contributed by atoms with Gasteiger partial charge in [-0.05, 0) is 40.4 Å². The molecule has 0 aromatic heterocycles. The van der Waals surface area contributed by atoms with Crippen LogP contribution in [0.5, 0.6) is 0 Å². The second-order valence-electron chi connectivity index (χ2n) is 9.04. The van der Waals surface area contributed by atoms with Crippen molar-refractivity contribution in [1.29, 1.82) is 0 Å². The van der Waals surface area contributed by atoms with E-state index in [-0.39, 0.29) is 0 Å². The largest absolute Gasteiger partial charge is 0.366 e. The summed E-state index contributed by atoms with van der Waals surface area (Å²) in [5, 5.41) is 3.66. The minimum Gasteiger partial charge on any atom is -0.366 e. The molecule has 2 heteroatoms. The molecular weight excluding hydrogens is 340 g/mol. The van der Waals surface area contributed by atoms with E-state index in [4.69, 9.17) is 4.99 Å². The highest BCUT2D eigenvalue weighted by atomic mass is 15.0. The Morgan fingerprint density at radius 2 is 1.50 bits per heavy atom. The Hall–Kier alpha value is -1.83. The zero-order valence-electron chi connectivity index (χ0n) is 19.6. The molecule has 0 spiro atoms. The lowest BCUT2D eigenvalue weighted by molar-refractivity contribution is 0.527. The highest BCUT2D eigenvalue weighted by Crippen LogP contribution is 2.32. The summed E-state index contributed by atoms with van der Waals surface area (Å²) in [6.45, 7) is 24.8. The summed E-state index contributed by atoms with van der Waals surface area (Å²) in [5.74, 6) is 2.32. The van der Waals surface area contributed by atoms with Crippen molar-refractivity contribution in [2.45, 2.75) is 74.1 Å². The Bertz CT molecular complexity index is 664. The normalized spacial score (nSPS) is 14.3. The molecule has 0 saturated heterocycles. The molecule has 0 aliphatic carbocycles. The van der Waals surface area contributed by atoms with Crippen molar-refractivity contribution in [1.82, 2.24) is 0 Å². The molecule has 0 heterocycles. The van der Waals surface area contributed by atoms with E-state index < -0.39 is 0 Å². The number of nitrogens with one attached hydrogen (secondary N) is 1. The Morgan fingerprint density at radius 3 is 1.89 bits per heavy atom. The molecule has 1 aromatic carbocycles. The van der Waals surface area contributed by atoms with Crippen molar-refractivity contribution in [3.8, 4) is 0 Å². The lowest BCUT2D eigenvalue weighted by Crippen LogP contribution is -2.23. The highest BCUT2D eigenvalue weighted by Gasteiger charge is 2.20. The van der Waals surface area contributed by atoms with Crippen LogP contribution in [0, 0.1) is 17.8 Å². The second kappa shape index (κ2) is 11.2. The Balaban J connectivity index is 3.29. The van der Waals surface area contributed by atoms with Gasteiger partial charge in [0.15, 0.2) is 0 Å². The predicted molar refractivity (Wildman–Crippen MR) is 128 cm³/mol. The second-order valence-corrected chi connectivity index (χ2v) is 9.04. The summed E-state index contributed by atoms with van der Waals surface area (Å²) in [6.07, 6.45) is 4.01. The van der Waals surface area contributed by atoms with E-state index in [2.05, 4.69) is 98.5 Å². The van der Waals surface area contributed by atoms with Gasteiger partial charge >= 0.3 is 0 Å². The van der Waals surface area contributed by atoms with Crippen LogP contribution in [0.25, 0.3) is 0 Å². The van der Waals surface area contributed by atoms with Gasteiger partial charge in [-0.25, -0.2) is 0 Å². The molecule has 0 aliphatic heterocycles. The van der Waals surface area contributed by atoms with Crippen molar-refractivity contribution >= 4 is 11.4 Å². The van der Waals surface area contributed by atoms with Crippen molar-refractivity contribution in [2.24, 2.45) is 22.7 Å². The monoisotopic (exact) mass is 382 g/mol. The first-order valence-corrected chi connectivity index (χ1v) is 10.9. The summed E-state index contributed by atoms with van der Waals surface area (Å²) < 4.78 is 0. The third-order valence-electron chi connectivity index (χ3n) is 5.52. The number of anilines is 1. The molecular formula is C26H42N2. The van der Waals surface area contributed by atoms with Crippen LogP contribution in [-0.4, -0.2) is 12.4 Å². The molecule has 0 aliphatic rings. The molecule has 1 unspecified atom stereocenters. The summed E-state index contributed by atoms with van der Waals surface area (Å²) in [4.78, 5) is 5.07. The molecule has 1 rings (SSSR count). The SMILES string of the molecule is C=C/C=C(\C(=NCNc1c(C(C)C)cccc1C(C)C)C(C)C(C)C)C(C)C. The van der Waals surface area contributed by atoms with Crippen LogP contribution in [0.1, 0.15) is 85.3 Å². The molecule has 0 radical (unpaired) electrons. The van der Waals surface area contributed by atoms with Crippen molar-refractivity contribution in [2.75, 3.05) is 12.0 Å². The molecule has 2 nitrogen and oxygen atoms in total. The van der Waals surface area contributed by atoms with Crippen LogP contribution in [0.2, 0.25) is 0 Å². The Labute approximate surface area is 174 Å². The summed E-state index contributed by atoms with van der Waals surface area (Å²) in [6, 6.07) is 6.64. The molecule has 0 saturated carbocycles. The van der Waals surface area contributed by atoms with Gasteiger partial charge in [0.25, 0.3) is 0 Å². The number of hydrogen-bond acceptors (Lipinski definition) is 2. The first-order chi connectivity index (χ1) is 13.1. The number of aliphatic imine (C=N–C) groups is 1. The molecule has 1 aromatic rings. The zero-order chi connectivity index (χ0) is 21.4. The minimum atomic E-state index is 0.403. The quantitative estimate of drug-likeness (QED) is 0.324. The molecule has 1 N–H and O–H groups in total. The molecule has 156 valence electrons. The maximum absolute atomic E-state index is 5.07. The summed E-state index contributed by atoms with van der Waals surface area (Å²) >= 11 is 0. The number of allylic oxidation sites excluding steroid dienone is 3. The van der Waals surface area contributed by atoms with Crippen LogP contribution < -0.4 is 5.32 Å². The average molecular weight is 383 g/mol. The first kappa shape index (κ1) is 24.2. The fourth-order valence-corrected chi connectivity index (χ4v) is 3.47. The lowest BCUT2D eigenvalue weighted by atomic mass is 9.84. The topological polar surface area (TPSA) is 24.4 Å². The van der Waals surface area contributed by atoms with Crippen molar-refractivity contribution in [3.05, 3.63) is 53.6 Å². The van der Waals surface area contributed by atoms with Crippen LogP contribution >= 0.6 is 0 Å². The third-order valence-corrected chi connectivity index (χ3v) is 5.52. The van der Waals surface area contributed by atoms with E-state index in [0.717, 1.165) is 0 Å². The van der Waals surface area contributed by atoms with Gasteiger partial charge in [0.05, 0.1) is 0 Å². The van der Waals surface area contributed by atoms with Crippen LogP contribution in [0.15, 0.2) is 47.5 Å². The third kappa shape index (κ3) is 6.36. The standard InChI is InChI=1S/C26H42N2/c1-11-13-22(18(4)5)25(21(10)17(2)3)27-16-28-26-23(19(6)7)14-12-15-24(26)20(8)9/h11-15,17-21,28H,1,16H2,2-10H3/b22-13-,27-25?. The molecule has 0 bridgehead atoms. The van der Waals surface area contributed by atoms with E-state index in [9.17, 15) is 0 Å². The number of hydrogen-bond donors (Lipinski definition) is 1. The van der Waals surface area contributed by atoms with E-state index in [0.29, 0.717) is 36.3 Å². The number of nitrogens with zero attached hydrogens (tertiary/aromatic N) is 1. The van der Waals surface area contributed by atoms with E-state index in [1.54, 1.807) is 0 Å². The lowest BCUT2D eigenvalue weighted by Gasteiger charge is -2.24. The predicted octanol–water partition coefficient (Wildman–Crippen LogP) is 7.80. The highest BCUT2D eigenvalue weighted by molar-refractivity contribution is 6.02. The van der Waals surface area contributed by atoms with Crippen molar-refractivity contribution < 1.29 is 0 Å². The minimum absolute atomic E-state index is 0.403. The van der Waals surface area contributed by atoms with Gasteiger partial charge in [-0.2, -0.15) is 0 Å².